The van der Waals surface area contributed by atoms with Crippen LogP contribution >= 0.6 is 0 Å². The molecule has 0 amide bonds. The lowest BCUT2D eigenvalue weighted by Crippen LogP contribution is -2.47. The third-order valence-corrected chi connectivity index (χ3v) is 6.24. The van der Waals surface area contributed by atoms with E-state index in [1.165, 1.54) is 6.42 Å². The Hall–Kier alpha value is -0.0900. The Kier molecular flexibility index (Phi) is 5.66. The van der Waals surface area contributed by atoms with Crippen molar-refractivity contribution in [3.8, 4) is 0 Å². The van der Waals surface area contributed by atoms with E-state index in [9.17, 15) is 8.42 Å². The van der Waals surface area contributed by atoms with Gasteiger partial charge in [0, 0.05) is 6.04 Å². The molecule has 108 valence electrons. The van der Waals surface area contributed by atoms with Crippen LogP contribution in [0.25, 0.3) is 0 Å². The van der Waals surface area contributed by atoms with Gasteiger partial charge in [0.1, 0.15) is 0 Å². The summed E-state index contributed by atoms with van der Waals surface area (Å²) in [6.45, 7) is 9.18. The van der Waals surface area contributed by atoms with E-state index < -0.39 is 9.84 Å². The minimum absolute atomic E-state index is 0.0161. The molecule has 1 fully saturated rings. The van der Waals surface area contributed by atoms with Crippen LogP contribution in [0.2, 0.25) is 0 Å². The first-order valence-electron chi connectivity index (χ1n) is 7.22. The van der Waals surface area contributed by atoms with Crippen LogP contribution in [0.5, 0.6) is 0 Å². The predicted molar refractivity (Wildman–Crippen MR) is 77.6 cm³/mol. The molecule has 18 heavy (non-hydrogen) atoms. The molecule has 1 N–H and O–H groups in total. The van der Waals surface area contributed by atoms with Crippen molar-refractivity contribution >= 4 is 9.84 Å². The molecule has 0 heterocycles. The molecule has 0 saturated heterocycles. The van der Waals surface area contributed by atoms with Crippen molar-refractivity contribution in [3.63, 3.8) is 0 Å². The van der Waals surface area contributed by atoms with Gasteiger partial charge in [0.05, 0.1) is 11.0 Å². The molecule has 1 rings (SSSR count). The number of hydrogen-bond acceptors (Lipinski definition) is 3. The van der Waals surface area contributed by atoms with Crippen molar-refractivity contribution in [1.29, 1.82) is 0 Å². The first-order chi connectivity index (χ1) is 8.27. The van der Waals surface area contributed by atoms with Crippen LogP contribution in [0.1, 0.15) is 59.8 Å². The molecule has 0 aliphatic heterocycles. The van der Waals surface area contributed by atoms with E-state index >= 15 is 0 Å². The fraction of sp³-hybridized carbons (Fsp3) is 1.00. The van der Waals surface area contributed by atoms with Gasteiger partial charge in [-0.15, -0.1) is 0 Å². The van der Waals surface area contributed by atoms with E-state index in [1.54, 1.807) is 0 Å². The van der Waals surface area contributed by atoms with Crippen molar-refractivity contribution < 1.29 is 8.42 Å². The van der Waals surface area contributed by atoms with Crippen molar-refractivity contribution in [3.05, 3.63) is 0 Å². The SMILES string of the molecule is CCNC(CS(=O)(=O)C1CCCCC1)C(C)(C)C. The zero-order valence-electron chi connectivity index (χ0n) is 12.3. The van der Waals surface area contributed by atoms with E-state index in [0.717, 1.165) is 32.2 Å². The summed E-state index contributed by atoms with van der Waals surface area (Å²) in [6.07, 6.45) is 5.08. The number of hydrogen-bond donors (Lipinski definition) is 1. The normalized spacial score (nSPS) is 20.9. The molecule has 0 aromatic heterocycles. The summed E-state index contributed by atoms with van der Waals surface area (Å²) >= 11 is 0. The standard InChI is InChI=1S/C14H29NO2S/c1-5-15-13(14(2,3)4)11-18(16,17)12-9-7-6-8-10-12/h12-13,15H,5-11H2,1-4H3. The quantitative estimate of drug-likeness (QED) is 0.839. The van der Waals surface area contributed by atoms with E-state index in [0.29, 0.717) is 0 Å². The highest BCUT2D eigenvalue weighted by Gasteiger charge is 2.34. The first kappa shape index (κ1) is 16.0. The Morgan fingerprint density at radius 1 is 1.17 bits per heavy atom. The molecule has 3 nitrogen and oxygen atoms in total. The van der Waals surface area contributed by atoms with Crippen LogP contribution in [-0.2, 0) is 9.84 Å². The van der Waals surface area contributed by atoms with Crippen molar-refractivity contribution in [2.45, 2.75) is 71.1 Å². The lowest BCUT2D eigenvalue weighted by molar-refractivity contribution is 0.291. The smallest absolute Gasteiger partial charge is 0.154 e. The molecule has 1 aliphatic rings. The second-order valence-corrected chi connectivity index (χ2v) is 8.89. The average Bonchev–Trinajstić information content (AvgIpc) is 2.28. The van der Waals surface area contributed by atoms with Crippen LogP contribution in [0.15, 0.2) is 0 Å². The summed E-state index contributed by atoms with van der Waals surface area (Å²) in [7, 11) is -2.95. The maximum Gasteiger partial charge on any atom is 0.154 e. The molecule has 0 bridgehead atoms. The van der Waals surface area contributed by atoms with Gasteiger partial charge in [-0.3, -0.25) is 0 Å². The predicted octanol–water partition coefficient (Wildman–Crippen LogP) is 2.76. The monoisotopic (exact) mass is 275 g/mol. The highest BCUT2D eigenvalue weighted by atomic mass is 32.2. The Morgan fingerprint density at radius 2 is 1.72 bits per heavy atom. The lowest BCUT2D eigenvalue weighted by atomic mass is 9.88. The minimum Gasteiger partial charge on any atom is -0.313 e. The van der Waals surface area contributed by atoms with Gasteiger partial charge in [-0.2, -0.15) is 0 Å². The molecule has 0 spiro atoms. The van der Waals surface area contributed by atoms with E-state index in [-0.39, 0.29) is 22.5 Å². The van der Waals surface area contributed by atoms with Crippen LogP contribution in [0, 0.1) is 5.41 Å². The number of sulfone groups is 1. The molecule has 0 aromatic rings. The highest BCUT2D eigenvalue weighted by molar-refractivity contribution is 7.92. The summed E-state index contributed by atoms with van der Waals surface area (Å²) in [5.74, 6) is 0.287. The maximum atomic E-state index is 12.5. The van der Waals surface area contributed by atoms with Gasteiger partial charge >= 0.3 is 0 Å². The fourth-order valence-corrected chi connectivity index (χ4v) is 5.06. The van der Waals surface area contributed by atoms with Crippen molar-refractivity contribution in [1.82, 2.24) is 5.32 Å². The minimum atomic E-state index is -2.95. The summed E-state index contributed by atoms with van der Waals surface area (Å²) in [5.41, 5.74) is -0.0161. The molecule has 0 aromatic carbocycles. The molecule has 1 unspecified atom stereocenters. The third-order valence-electron chi connectivity index (χ3n) is 3.95. The Morgan fingerprint density at radius 3 is 2.17 bits per heavy atom. The van der Waals surface area contributed by atoms with Crippen molar-refractivity contribution in [2.24, 2.45) is 5.41 Å². The first-order valence-corrected chi connectivity index (χ1v) is 8.94. The lowest BCUT2D eigenvalue weighted by Gasteiger charge is -2.33. The van der Waals surface area contributed by atoms with Crippen LogP contribution < -0.4 is 5.32 Å². The summed E-state index contributed by atoms with van der Waals surface area (Å²) in [4.78, 5) is 0. The molecular weight excluding hydrogens is 246 g/mol. The molecule has 0 radical (unpaired) electrons. The Balaban J connectivity index is 2.72. The van der Waals surface area contributed by atoms with Gasteiger partial charge in [0.15, 0.2) is 9.84 Å². The van der Waals surface area contributed by atoms with Gasteiger partial charge < -0.3 is 5.32 Å². The van der Waals surface area contributed by atoms with Gasteiger partial charge in [-0.05, 0) is 24.8 Å². The number of nitrogens with one attached hydrogen (secondary N) is 1. The molecule has 1 aliphatic carbocycles. The Labute approximate surface area is 113 Å². The summed E-state index contributed by atoms with van der Waals surface area (Å²) in [5, 5.41) is 3.25. The molecule has 1 atom stereocenters. The van der Waals surface area contributed by atoms with E-state index in [1.807, 2.05) is 6.92 Å². The van der Waals surface area contributed by atoms with Crippen LogP contribution in [-0.4, -0.2) is 32.0 Å². The van der Waals surface area contributed by atoms with Gasteiger partial charge in [-0.1, -0.05) is 47.0 Å². The highest BCUT2D eigenvalue weighted by Crippen LogP contribution is 2.27. The number of rotatable bonds is 5. The second-order valence-electron chi connectivity index (χ2n) is 6.57. The largest absolute Gasteiger partial charge is 0.313 e. The average molecular weight is 275 g/mol. The zero-order valence-corrected chi connectivity index (χ0v) is 13.1. The molecule has 1 saturated carbocycles. The maximum absolute atomic E-state index is 12.5. The van der Waals surface area contributed by atoms with E-state index in [4.69, 9.17) is 0 Å². The molecule has 4 heteroatoms. The fourth-order valence-electron chi connectivity index (χ4n) is 2.65. The van der Waals surface area contributed by atoms with Crippen LogP contribution in [0.4, 0.5) is 0 Å². The van der Waals surface area contributed by atoms with Crippen LogP contribution in [0.3, 0.4) is 0 Å². The Bertz CT molecular complexity index is 337. The third kappa shape index (κ3) is 4.54. The summed E-state index contributed by atoms with van der Waals surface area (Å²) in [6, 6.07) is 0.0504. The second kappa shape index (κ2) is 6.38. The van der Waals surface area contributed by atoms with Gasteiger partial charge in [-0.25, -0.2) is 8.42 Å². The van der Waals surface area contributed by atoms with Gasteiger partial charge in [0.25, 0.3) is 0 Å². The zero-order chi connectivity index (χ0) is 13.8. The summed E-state index contributed by atoms with van der Waals surface area (Å²) < 4.78 is 25.0. The van der Waals surface area contributed by atoms with Crippen molar-refractivity contribution in [2.75, 3.05) is 12.3 Å². The topological polar surface area (TPSA) is 46.2 Å². The molecular formula is C14H29NO2S. The van der Waals surface area contributed by atoms with Gasteiger partial charge in [0.2, 0.25) is 0 Å². The van der Waals surface area contributed by atoms with E-state index in [2.05, 4.69) is 26.1 Å².